The van der Waals surface area contributed by atoms with E-state index in [1.807, 2.05) is 62.4 Å². The molecular formula is C27H29N3O3. The number of carbonyl (C=O) groups excluding carboxylic acids is 3. The monoisotopic (exact) mass is 443 g/mol. The van der Waals surface area contributed by atoms with Crippen molar-refractivity contribution in [3.8, 4) is 0 Å². The molecule has 1 atom stereocenters. The van der Waals surface area contributed by atoms with E-state index in [1.54, 1.807) is 36.2 Å². The van der Waals surface area contributed by atoms with Gasteiger partial charge in [0.2, 0.25) is 11.8 Å². The van der Waals surface area contributed by atoms with Crippen LogP contribution in [0.4, 0.5) is 11.4 Å². The number of rotatable bonds is 8. The third kappa shape index (κ3) is 6.14. The van der Waals surface area contributed by atoms with E-state index in [-0.39, 0.29) is 24.1 Å². The van der Waals surface area contributed by atoms with Crippen LogP contribution in [0.1, 0.15) is 40.0 Å². The van der Waals surface area contributed by atoms with E-state index < -0.39 is 6.04 Å². The summed E-state index contributed by atoms with van der Waals surface area (Å²) in [6, 6.07) is 21.3. The molecule has 0 aliphatic carbocycles. The number of Topliss-reactive ketones (excluding diaryl/α,β-unsaturated/α-hetero) is 1. The van der Waals surface area contributed by atoms with Crippen LogP contribution in [0.2, 0.25) is 0 Å². The summed E-state index contributed by atoms with van der Waals surface area (Å²) in [6.45, 7) is 5.40. The lowest BCUT2D eigenvalue weighted by molar-refractivity contribution is -0.123. The van der Waals surface area contributed by atoms with Gasteiger partial charge in [0.25, 0.3) is 0 Å². The van der Waals surface area contributed by atoms with Gasteiger partial charge in [-0.3, -0.25) is 19.3 Å². The van der Waals surface area contributed by atoms with Crippen LogP contribution >= 0.6 is 0 Å². The normalized spacial score (nSPS) is 11.7. The molecule has 0 heterocycles. The van der Waals surface area contributed by atoms with Crippen molar-refractivity contribution in [2.24, 2.45) is 0 Å². The van der Waals surface area contributed by atoms with Gasteiger partial charge in [0.05, 0.1) is 6.54 Å². The van der Waals surface area contributed by atoms with Gasteiger partial charge < -0.3 is 10.6 Å². The molecule has 3 aromatic rings. The fourth-order valence-electron chi connectivity index (χ4n) is 3.78. The van der Waals surface area contributed by atoms with Crippen molar-refractivity contribution in [3.05, 3.63) is 95.1 Å². The number of nitrogens with zero attached hydrogens (tertiary/aromatic N) is 1. The van der Waals surface area contributed by atoms with Crippen molar-refractivity contribution >= 4 is 29.0 Å². The summed E-state index contributed by atoms with van der Waals surface area (Å²) in [5.41, 5.74) is 4.56. The molecule has 6 nitrogen and oxygen atoms in total. The van der Waals surface area contributed by atoms with Gasteiger partial charge in [0, 0.05) is 16.9 Å². The van der Waals surface area contributed by atoms with Crippen LogP contribution < -0.4 is 10.6 Å². The van der Waals surface area contributed by atoms with E-state index in [2.05, 4.69) is 10.6 Å². The molecule has 33 heavy (non-hydrogen) atoms. The maximum absolute atomic E-state index is 13.3. The van der Waals surface area contributed by atoms with Crippen molar-refractivity contribution < 1.29 is 14.4 Å². The quantitative estimate of drug-likeness (QED) is 0.492. The minimum absolute atomic E-state index is 0.0221. The number of aryl methyl sites for hydroxylation is 2. The van der Waals surface area contributed by atoms with Crippen LogP contribution in [0.5, 0.6) is 0 Å². The fourth-order valence-corrected chi connectivity index (χ4v) is 3.78. The van der Waals surface area contributed by atoms with E-state index in [1.165, 1.54) is 6.92 Å². The average Bonchev–Trinajstić information content (AvgIpc) is 2.77. The Morgan fingerprint density at radius 1 is 0.848 bits per heavy atom. The topological polar surface area (TPSA) is 78.5 Å². The average molecular weight is 444 g/mol. The SMILES string of the molecule is CC(=O)c1cccc(NC(=O)[C@H](c2ccccc2)N(C)CC(=O)Nc2c(C)cccc2C)c1. The smallest absolute Gasteiger partial charge is 0.246 e. The second kappa shape index (κ2) is 10.7. The number of benzene rings is 3. The summed E-state index contributed by atoms with van der Waals surface area (Å²) in [5.74, 6) is -0.572. The highest BCUT2D eigenvalue weighted by molar-refractivity contribution is 5.99. The molecule has 0 saturated heterocycles. The Kier molecular flexibility index (Phi) is 7.74. The van der Waals surface area contributed by atoms with Gasteiger partial charge in [-0.05, 0) is 56.6 Å². The van der Waals surface area contributed by atoms with Gasteiger partial charge in [-0.1, -0.05) is 60.7 Å². The molecule has 0 aliphatic heterocycles. The Morgan fingerprint density at radius 2 is 1.48 bits per heavy atom. The predicted octanol–water partition coefficient (Wildman–Crippen LogP) is 4.76. The predicted molar refractivity (Wildman–Crippen MR) is 131 cm³/mol. The number of likely N-dealkylation sites (N-methyl/N-ethyl adjacent to an activating group) is 1. The van der Waals surface area contributed by atoms with E-state index in [0.29, 0.717) is 11.3 Å². The van der Waals surface area contributed by atoms with Gasteiger partial charge in [-0.2, -0.15) is 0 Å². The summed E-state index contributed by atoms with van der Waals surface area (Å²) >= 11 is 0. The zero-order chi connectivity index (χ0) is 24.0. The Bertz CT molecular complexity index is 1140. The standard InChI is InChI=1S/C27H29N3O3/c1-18-10-8-11-19(2)25(18)29-24(32)17-30(4)26(21-12-6-5-7-13-21)27(33)28-23-15-9-14-22(16-23)20(3)31/h5-16,26H,17H2,1-4H3,(H,28,33)(H,29,32)/t26-/m0/s1. The molecule has 0 bridgehead atoms. The highest BCUT2D eigenvalue weighted by Crippen LogP contribution is 2.23. The molecule has 0 fully saturated rings. The first-order valence-electron chi connectivity index (χ1n) is 10.8. The van der Waals surface area contributed by atoms with Crippen molar-refractivity contribution in [1.29, 1.82) is 0 Å². The Morgan fingerprint density at radius 3 is 2.12 bits per heavy atom. The van der Waals surface area contributed by atoms with Crippen LogP contribution in [-0.2, 0) is 9.59 Å². The van der Waals surface area contributed by atoms with Crippen molar-refractivity contribution in [2.75, 3.05) is 24.2 Å². The molecule has 0 saturated carbocycles. The molecule has 0 aliphatic rings. The number of ketones is 1. The summed E-state index contributed by atoms with van der Waals surface area (Å²) in [6.07, 6.45) is 0. The fraction of sp³-hybridized carbons (Fsp3) is 0.222. The summed E-state index contributed by atoms with van der Waals surface area (Å²) < 4.78 is 0. The van der Waals surface area contributed by atoms with Crippen LogP contribution in [0.3, 0.4) is 0 Å². The van der Waals surface area contributed by atoms with Gasteiger partial charge in [-0.15, -0.1) is 0 Å². The highest BCUT2D eigenvalue weighted by atomic mass is 16.2. The van der Waals surface area contributed by atoms with Crippen LogP contribution in [0.15, 0.2) is 72.8 Å². The molecule has 2 N–H and O–H groups in total. The lowest BCUT2D eigenvalue weighted by atomic mass is 10.0. The number of anilines is 2. The number of hydrogen-bond donors (Lipinski definition) is 2. The summed E-state index contributed by atoms with van der Waals surface area (Å²) in [4.78, 5) is 39.6. The van der Waals surface area contributed by atoms with E-state index >= 15 is 0 Å². The molecule has 0 spiro atoms. The number of amides is 2. The lowest BCUT2D eigenvalue weighted by Crippen LogP contribution is -2.39. The third-order valence-corrected chi connectivity index (χ3v) is 5.48. The Labute approximate surface area is 194 Å². The zero-order valence-corrected chi connectivity index (χ0v) is 19.4. The first-order chi connectivity index (χ1) is 15.8. The molecule has 0 radical (unpaired) electrons. The zero-order valence-electron chi connectivity index (χ0n) is 19.4. The van der Waals surface area contributed by atoms with E-state index in [9.17, 15) is 14.4 Å². The molecule has 0 unspecified atom stereocenters. The second-order valence-electron chi connectivity index (χ2n) is 8.17. The van der Waals surface area contributed by atoms with Crippen LogP contribution in [-0.4, -0.2) is 36.1 Å². The highest BCUT2D eigenvalue weighted by Gasteiger charge is 2.27. The van der Waals surface area contributed by atoms with Crippen LogP contribution in [0, 0.1) is 13.8 Å². The van der Waals surface area contributed by atoms with Gasteiger partial charge in [-0.25, -0.2) is 0 Å². The van der Waals surface area contributed by atoms with E-state index in [0.717, 1.165) is 22.4 Å². The number of hydrogen-bond acceptors (Lipinski definition) is 4. The first-order valence-corrected chi connectivity index (χ1v) is 10.8. The van der Waals surface area contributed by atoms with Crippen molar-refractivity contribution in [1.82, 2.24) is 4.90 Å². The molecule has 3 aromatic carbocycles. The minimum atomic E-state index is -0.698. The number of para-hydroxylation sites is 1. The van der Waals surface area contributed by atoms with E-state index in [4.69, 9.17) is 0 Å². The largest absolute Gasteiger partial charge is 0.324 e. The summed E-state index contributed by atoms with van der Waals surface area (Å²) in [5, 5.41) is 5.87. The maximum atomic E-state index is 13.3. The van der Waals surface area contributed by atoms with Gasteiger partial charge >= 0.3 is 0 Å². The molecule has 2 amide bonds. The second-order valence-corrected chi connectivity index (χ2v) is 8.17. The number of carbonyl (C=O) groups is 3. The Hall–Kier alpha value is -3.77. The molecular weight excluding hydrogens is 414 g/mol. The van der Waals surface area contributed by atoms with Gasteiger partial charge in [0.1, 0.15) is 6.04 Å². The number of nitrogens with one attached hydrogen (secondary N) is 2. The Balaban J connectivity index is 1.80. The van der Waals surface area contributed by atoms with Crippen molar-refractivity contribution in [2.45, 2.75) is 26.8 Å². The van der Waals surface area contributed by atoms with Gasteiger partial charge in [0.15, 0.2) is 5.78 Å². The minimum Gasteiger partial charge on any atom is -0.324 e. The van der Waals surface area contributed by atoms with Crippen LogP contribution in [0.25, 0.3) is 0 Å². The molecule has 6 heteroatoms. The summed E-state index contributed by atoms with van der Waals surface area (Å²) in [7, 11) is 1.74. The maximum Gasteiger partial charge on any atom is 0.246 e. The van der Waals surface area contributed by atoms with Crippen molar-refractivity contribution in [3.63, 3.8) is 0 Å². The third-order valence-electron chi connectivity index (χ3n) is 5.48. The lowest BCUT2D eigenvalue weighted by Gasteiger charge is -2.27. The molecule has 3 rings (SSSR count). The molecule has 0 aromatic heterocycles. The first kappa shape index (κ1) is 23.9. The molecule has 170 valence electrons.